The maximum Gasteiger partial charge on any atom is 0.306 e. The Morgan fingerprint density at radius 2 is 1.96 bits per heavy atom. The number of hydrogen-bond acceptors (Lipinski definition) is 7. The predicted molar refractivity (Wildman–Crippen MR) is 102 cm³/mol. The van der Waals surface area contributed by atoms with E-state index in [1.165, 1.54) is 23.5 Å². The molecule has 1 aromatic rings. The first-order valence-electron chi connectivity index (χ1n) is 8.63. The van der Waals surface area contributed by atoms with Gasteiger partial charge in [-0.3, -0.25) is 14.9 Å². The molecule has 2 rings (SSSR count). The fourth-order valence-corrected chi connectivity index (χ4v) is 5.85. The molecule has 0 radical (unpaired) electrons. The molecular weight excluding hydrogens is 392 g/mol. The lowest BCUT2D eigenvalue weighted by atomic mass is 9.94. The number of benzene rings is 1. The van der Waals surface area contributed by atoms with Crippen molar-refractivity contribution < 1.29 is 22.9 Å². The Morgan fingerprint density at radius 1 is 1.33 bits per heavy atom. The van der Waals surface area contributed by atoms with E-state index in [-0.39, 0.29) is 28.8 Å². The fraction of sp³-hybridized carbons (Fsp3) is 0.588. The minimum atomic E-state index is -3.79. The number of nitro groups is 1. The van der Waals surface area contributed by atoms with Gasteiger partial charge in [0, 0.05) is 24.9 Å². The molecule has 0 aliphatic carbocycles. The molecule has 1 aliphatic heterocycles. The number of piperidine rings is 1. The Bertz CT molecular complexity index is 802. The van der Waals surface area contributed by atoms with Gasteiger partial charge in [0.05, 0.1) is 28.2 Å². The van der Waals surface area contributed by atoms with Crippen LogP contribution in [0.5, 0.6) is 0 Å². The summed E-state index contributed by atoms with van der Waals surface area (Å²) in [6.45, 7) is 4.83. The molecule has 0 bridgehead atoms. The Hall–Kier alpha value is -1.65. The highest BCUT2D eigenvalue weighted by Crippen LogP contribution is 2.34. The average Bonchev–Trinajstić information content (AvgIpc) is 2.60. The summed E-state index contributed by atoms with van der Waals surface area (Å²) in [5.41, 5.74) is -0.274. The van der Waals surface area contributed by atoms with Crippen molar-refractivity contribution in [1.82, 2.24) is 4.31 Å². The Kier molecular flexibility index (Phi) is 7.24. The van der Waals surface area contributed by atoms with Crippen LogP contribution in [0.25, 0.3) is 0 Å². The molecule has 1 fully saturated rings. The first-order valence-corrected chi connectivity index (χ1v) is 11.1. The van der Waals surface area contributed by atoms with E-state index in [2.05, 4.69) is 4.74 Å². The summed E-state index contributed by atoms with van der Waals surface area (Å²) in [7, 11) is -2.52. The molecule has 0 unspecified atom stereocenters. The summed E-state index contributed by atoms with van der Waals surface area (Å²) < 4.78 is 31.8. The standard InChI is InChI=1S/C17H24N2O6S2/c1-12-8-13(2)11-18(10-12)27(23,24)14-4-5-16(15(9-14)19(21)22)26-7-6-17(20)25-3/h4-5,9,12-13H,6-8,10-11H2,1-3H3/t12-,13-/m0/s1. The number of sulfonamides is 1. The molecule has 1 aromatic carbocycles. The number of thioether (sulfide) groups is 1. The minimum Gasteiger partial charge on any atom is -0.469 e. The van der Waals surface area contributed by atoms with Gasteiger partial charge in [-0.15, -0.1) is 11.8 Å². The monoisotopic (exact) mass is 416 g/mol. The number of carbonyl (C=O) groups excluding carboxylic acids is 1. The largest absolute Gasteiger partial charge is 0.469 e. The van der Waals surface area contributed by atoms with Crippen LogP contribution in [0.2, 0.25) is 0 Å². The van der Waals surface area contributed by atoms with Crippen LogP contribution in [0.1, 0.15) is 26.7 Å². The van der Waals surface area contributed by atoms with E-state index >= 15 is 0 Å². The Labute approximate surface area is 163 Å². The van der Waals surface area contributed by atoms with Gasteiger partial charge in [0.2, 0.25) is 10.0 Å². The van der Waals surface area contributed by atoms with Crippen molar-refractivity contribution in [3.8, 4) is 0 Å². The van der Waals surface area contributed by atoms with Gasteiger partial charge < -0.3 is 4.74 Å². The van der Waals surface area contributed by atoms with E-state index < -0.39 is 20.9 Å². The lowest BCUT2D eigenvalue weighted by Gasteiger charge is -2.34. The van der Waals surface area contributed by atoms with E-state index in [0.717, 1.165) is 24.2 Å². The Balaban J connectivity index is 2.26. The second-order valence-corrected chi connectivity index (χ2v) is 9.90. The van der Waals surface area contributed by atoms with Crippen LogP contribution in [0.3, 0.4) is 0 Å². The first kappa shape index (κ1) is 21.6. The molecule has 1 saturated heterocycles. The van der Waals surface area contributed by atoms with Crippen molar-refractivity contribution in [3.63, 3.8) is 0 Å². The topological polar surface area (TPSA) is 107 Å². The number of ether oxygens (including phenoxy) is 1. The third kappa shape index (κ3) is 5.43. The highest BCUT2D eigenvalue weighted by molar-refractivity contribution is 7.99. The quantitative estimate of drug-likeness (QED) is 0.291. The van der Waals surface area contributed by atoms with E-state index in [1.54, 1.807) is 0 Å². The second kappa shape index (κ2) is 9.03. The molecule has 1 aliphatic rings. The van der Waals surface area contributed by atoms with Crippen LogP contribution in [-0.2, 0) is 19.6 Å². The molecule has 8 nitrogen and oxygen atoms in total. The van der Waals surface area contributed by atoms with Gasteiger partial charge in [-0.05, 0) is 30.4 Å². The summed E-state index contributed by atoms with van der Waals surface area (Å²) in [6, 6.07) is 3.94. The van der Waals surface area contributed by atoms with Crippen molar-refractivity contribution >= 4 is 33.4 Å². The van der Waals surface area contributed by atoms with Crippen molar-refractivity contribution in [3.05, 3.63) is 28.3 Å². The summed E-state index contributed by atoms with van der Waals surface area (Å²) >= 11 is 1.12. The molecular formula is C17H24N2O6S2. The molecule has 0 aromatic heterocycles. The number of esters is 1. The van der Waals surface area contributed by atoms with Crippen molar-refractivity contribution in [2.45, 2.75) is 36.5 Å². The fourth-order valence-electron chi connectivity index (χ4n) is 3.22. The van der Waals surface area contributed by atoms with E-state index in [4.69, 9.17) is 0 Å². The smallest absolute Gasteiger partial charge is 0.306 e. The molecule has 0 N–H and O–H groups in total. The minimum absolute atomic E-state index is 0.0761. The number of methoxy groups -OCH3 is 1. The molecule has 0 spiro atoms. The SMILES string of the molecule is COC(=O)CCSc1ccc(S(=O)(=O)N2C[C@@H](C)C[C@H](C)C2)cc1[N+](=O)[O-]. The number of rotatable bonds is 7. The molecule has 0 saturated carbocycles. The molecule has 0 amide bonds. The van der Waals surface area contributed by atoms with Crippen molar-refractivity contribution in [1.29, 1.82) is 0 Å². The van der Waals surface area contributed by atoms with Crippen LogP contribution in [0.15, 0.2) is 28.0 Å². The average molecular weight is 417 g/mol. The van der Waals surface area contributed by atoms with E-state index in [9.17, 15) is 23.3 Å². The summed E-state index contributed by atoms with van der Waals surface area (Å²) in [6.07, 6.45) is 1.07. The van der Waals surface area contributed by atoms with Gasteiger partial charge >= 0.3 is 5.97 Å². The molecule has 10 heteroatoms. The summed E-state index contributed by atoms with van der Waals surface area (Å²) in [5.74, 6) is 0.386. The van der Waals surface area contributed by atoms with Gasteiger partial charge in [-0.2, -0.15) is 4.31 Å². The molecule has 150 valence electrons. The number of carbonyl (C=O) groups is 1. The van der Waals surface area contributed by atoms with Crippen LogP contribution in [0.4, 0.5) is 5.69 Å². The zero-order valence-electron chi connectivity index (χ0n) is 15.6. The van der Waals surface area contributed by atoms with Gasteiger partial charge in [-0.1, -0.05) is 13.8 Å². The van der Waals surface area contributed by atoms with Crippen LogP contribution < -0.4 is 0 Å². The third-order valence-electron chi connectivity index (χ3n) is 4.39. The van der Waals surface area contributed by atoms with Gasteiger partial charge in [-0.25, -0.2) is 8.42 Å². The van der Waals surface area contributed by atoms with Gasteiger partial charge in [0.25, 0.3) is 5.69 Å². The van der Waals surface area contributed by atoms with Gasteiger partial charge in [0.1, 0.15) is 0 Å². The number of hydrogen-bond donors (Lipinski definition) is 0. The zero-order chi connectivity index (χ0) is 20.2. The number of nitro benzene ring substituents is 1. The molecule has 27 heavy (non-hydrogen) atoms. The predicted octanol–water partition coefficient (Wildman–Crippen LogP) is 2.92. The molecule has 2 atom stereocenters. The maximum absolute atomic E-state index is 12.9. The van der Waals surface area contributed by atoms with Crippen molar-refractivity contribution in [2.24, 2.45) is 11.8 Å². The van der Waals surface area contributed by atoms with Crippen LogP contribution in [0, 0.1) is 22.0 Å². The van der Waals surface area contributed by atoms with Crippen molar-refractivity contribution in [2.75, 3.05) is 26.0 Å². The third-order valence-corrected chi connectivity index (χ3v) is 7.28. The first-order chi connectivity index (χ1) is 12.6. The normalized spacial score (nSPS) is 21.0. The Morgan fingerprint density at radius 3 is 2.52 bits per heavy atom. The lowest BCUT2D eigenvalue weighted by molar-refractivity contribution is -0.388. The highest BCUT2D eigenvalue weighted by atomic mass is 32.2. The zero-order valence-corrected chi connectivity index (χ0v) is 17.2. The van der Waals surface area contributed by atoms with E-state index in [1.807, 2.05) is 13.8 Å². The van der Waals surface area contributed by atoms with E-state index in [0.29, 0.717) is 23.7 Å². The lowest BCUT2D eigenvalue weighted by Crippen LogP contribution is -2.42. The maximum atomic E-state index is 12.9. The van der Waals surface area contributed by atoms with Crippen LogP contribution >= 0.6 is 11.8 Å². The highest BCUT2D eigenvalue weighted by Gasteiger charge is 2.33. The second-order valence-electron chi connectivity index (χ2n) is 6.83. The van der Waals surface area contributed by atoms with Gasteiger partial charge in [0.15, 0.2) is 0 Å². The number of nitrogens with zero attached hydrogens (tertiary/aromatic N) is 2. The molecule has 1 heterocycles. The summed E-state index contributed by atoms with van der Waals surface area (Å²) in [4.78, 5) is 22.3. The summed E-state index contributed by atoms with van der Waals surface area (Å²) in [5, 5.41) is 11.4. The van der Waals surface area contributed by atoms with Crippen LogP contribution in [-0.4, -0.2) is 49.6 Å².